The van der Waals surface area contributed by atoms with Crippen LogP contribution in [0.25, 0.3) is 0 Å². The van der Waals surface area contributed by atoms with Gasteiger partial charge in [0.2, 0.25) is 0 Å². The zero-order valence-electron chi connectivity index (χ0n) is 12.1. The fraction of sp³-hybridized carbons (Fsp3) is 0.500. The SMILES string of the molecule is O=C(COc1cccc(Br)c1)NN=C1CCCCCCC1. The summed E-state index contributed by atoms with van der Waals surface area (Å²) in [7, 11) is 0. The minimum atomic E-state index is -0.218. The highest BCUT2D eigenvalue weighted by atomic mass is 79.9. The minimum absolute atomic E-state index is 0.0206. The molecule has 1 aromatic rings. The normalized spacial score (nSPS) is 15.8. The molecule has 4 nitrogen and oxygen atoms in total. The molecule has 1 N–H and O–H groups in total. The summed E-state index contributed by atoms with van der Waals surface area (Å²) < 4.78 is 6.35. The summed E-state index contributed by atoms with van der Waals surface area (Å²) in [5, 5.41) is 4.24. The Bertz CT molecular complexity index is 493. The molecule has 0 atom stereocenters. The maximum atomic E-state index is 11.7. The first kappa shape index (κ1) is 16.0. The highest BCUT2D eigenvalue weighted by molar-refractivity contribution is 9.10. The number of carbonyl (C=O) groups is 1. The number of hydrogen-bond acceptors (Lipinski definition) is 3. The Morgan fingerprint density at radius 3 is 2.62 bits per heavy atom. The predicted octanol–water partition coefficient (Wildman–Crippen LogP) is 4.04. The van der Waals surface area contributed by atoms with Crippen LogP contribution in [0.5, 0.6) is 5.75 Å². The van der Waals surface area contributed by atoms with Crippen LogP contribution in [0.2, 0.25) is 0 Å². The van der Waals surface area contributed by atoms with Gasteiger partial charge in [0.15, 0.2) is 6.61 Å². The zero-order chi connectivity index (χ0) is 14.9. The number of halogens is 1. The highest BCUT2D eigenvalue weighted by Gasteiger charge is 2.06. The monoisotopic (exact) mass is 352 g/mol. The van der Waals surface area contributed by atoms with E-state index in [0.717, 1.165) is 23.0 Å². The molecule has 1 saturated carbocycles. The van der Waals surface area contributed by atoms with E-state index < -0.39 is 0 Å². The van der Waals surface area contributed by atoms with Crippen molar-refractivity contribution in [2.75, 3.05) is 6.61 Å². The van der Waals surface area contributed by atoms with Gasteiger partial charge in [0.1, 0.15) is 5.75 Å². The molecule has 0 aromatic heterocycles. The molecule has 1 aliphatic rings. The number of nitrogens with one attached hydrogen (secondary N) is 1. The molecule has 1 amide bonds. The number of nitrogens with zero attached hydrogens (tertiary/aromatic N) is 1. The van der Waals surface area contributed by atoms with Gasteiger partial charge in [-0.1, -0.05) is 41.3 Å². The zero-order valence-corrected chi connectivity index (χ0v) is 13.7. The van der Waals surface area contributed by atoms with Gasteiger partial charge >= 0.3 is 0 Å². The average molecular weight is 353 g/mol. The number of hydrogen-bond donors (Lipinski definition) is 1. The molecule has 5 heteroatoms. The van der Waals surface area contributed by atoms with E-state index in [4.69, 9.17) is 4.74 Å². The lowest BCUT2D eigenvalue weighted by atomic mass is 9.99. The van der Waals surface area contributed by atoms with Gasteiger partial charge in [0.05, 0.1) is 0 Å². The third-order valence-corrected chi connectivity index (χ3v) is 3.93. The topological polar surface area (TPSA) is 50.7 Å². The van der Waals surface area contributed by atoms with Gasteiger partial charge < -0.3 is 4.74 Å². The summed E-state index contributed by atoms with van der Waals surface area (Å²) in [6, 6.07) is 7.42. The van der Waals surface area contributed by atoms with Gasteiger partial charge in [0, 0.05) is 10.2 Å². The number of amides is 1. The van der Waals surface area contributed by atoms with Crippen molar-refractivity contribution in [2.24, 2.45) is 5.10 Å². The molecule has 1 fully saturated rings. The Hall–Kier alpha value is -1.36. The third kappa shape index (κ3) is 6.29. The van der Waals surface area contributed by atoms with E-state index in [1.54, 1.807) is 0 Å². The van der Waals surface area contributed by atoms with Crippen molar-refractivity contribution in [3.05, 3.63) is 28.7 Å². The van der Waals surface area contributed by atoms with Gasteiger partial charge in [-0.2, -0.15) is 5.10 Å². The number of carbonyl (C=O) groups excluding carboxylic acids is 1. The minimum Gasteiger partial charge on any atom is -0.484 e. The standard InChI is InChI=1S/C16H21BrN2O2/c17-13-7-6-10-15(11-13)21-12-16(20)19-18-14-8-4-2-1-3-5-9-14/h6-7,10-11H,1-5,8-9,12H2,(H,19,20). The van der Waals surface area contributed by atoms with Crippen molar-refractivity contribution in [3.63, 3.8) is 0 Å². The number of ether oxygens (including phenoxy) is 1. The summed E-state index contributed by atoms with van der Waals surface area (Å²) in [4.78, 5) is 11.7. The van der Waals surface area contributed by atoms with Crippen LogP contribution in [0.15, 0.2) is 33.8 Å². The van der Waals surface area contributed by atoms with Gasteiger partial charge in [-0.3, -0.25) is 4.79 Å². The molecule has 0 heterocycles. The van der Waals surface area contributed by atoms with Crippen molar-refractivity contribution >= 4 is 27.5 Å². The molecule has 0 unspecified atom stereocenters. The first-order valence-electron chi connectivity index (χ1n) is 7.47. The third-order valence-electron chi connectivity index (χ3n) is 3.44. The maximum absolute atomic E-state index is 11.7. The van der Waals surface area contributed by atoms with E-state index in [1.807, 2.05) is 24.3 Å². The van der Waals surface area contributed by atoms with E-state index in [-0.39, 0.29) is 12.5 Å². The van der Waals surface area contributed by atoms with Crippen LogP contribution in [0.4, 0.5) is 0 Å². The molecule has 1 aliphatic carbocycles. The first-order chi connectivity index (χ1) is 10.2. The van der Waals surface area contributed by atoms with Gasteiger partial charge in [-0.15, -0.1) is 0 Å². The van der Waals surface area contributed by atoms with E-state index in [9.17, 15) is 4.79 Å². The molecule has 0 bridgehead atoms. The van der Waals surface area contributed by atoms with Gasteiger partial charge in [-0.25, -0.2) is 5.43 Å². The molecule has 0 radical (unpaired) electrons. The van der Waals surface area contributed by atoms with Crippen LogP contribution < -0.4 is 10.2 Å². The van der Waals surface area contributed by atoms with E-state index >= 15 is 0 Å². The second-order valence-corrected chi connectivity index (χ2v) is 6.14. The van der Waals surface area contributed by atoms with Crippen molar-refractivity contribution in [1.29, 1.82) is 0 Å². The van der Waals surface area contributed by atoms with Crippen LogP contribution in [-0.2, 0) is 4.79 Å². The fourth-order valence-electron chi connectivity index (χ4n) is 2.30. The number of hydrazone groups is 1. The van der Waals surface area contributed by atoms with E-state index in [2.05, 4.69) is 26.5 Å². The molecule has 0 saturated heterocycles. The van der Waals surface area contributed by atoms with Crippen molar-refractivity contribution < 1.29 is 9.53 Å². The lowest BCUT2D eigenvalue weighted by Crippen LogP contribution is -2.26. The van der Waals surface area contributed by atoms with Gasteiger partial charge in [-0.05, 0) is 43.9 Å². The lowest BCUT2D eigenvalue weighted by molar-refractivity contribution is -0.123. The molecule has 0 aliphatic heterocycles. The van der Waals surface area contributed by atoms with Crippen LogP contribution in [-0.4, -0.2) is 18.2 Å². The second-order valence-electron chi connectivity index (χ2n) is 5.23. The van der Waals surface area contributed by atoms with Crippen LogP contribution in [0.1, 0.15) is 44.9 Å². The summed E-state index contributed by atoms with van der Waals surface area (Å²) in [5.74, 6) is 0.447. The average Bonchev–Trinajstić information content (AvgIpc) is 2.44. The largest absolute Gasteiger partial charge is 0.484 e. The van der Waals surface area contributed by atoms with E-state index in [0.29, 0.717) is 5.75 Å². The van der Waals surface area contributed by atoms with E-state index in [1.165, 1.54) is 32.1 Å². The molecule has 1 aromatic carbocycles. The second kappa shape index (κ2) is 8.82. The summed E-state index contributed by atoms with van der Waals surface area (Å²) in [6.07, 6.45) is 8.17. The Morgan fingerprint density at radius 1 is 1.19 bits per heavy atom. The van der Waals surface area contributed by atoms with Gasteiger partial charge in [0.25, 0.3) is 5.91 Å². The Labute approximate surface area is 134 Å². The molecule has 0 spiro atoms. The van der Waals surface area contributed by atoms with Crippen molar-refractivity contribution in [3.8, 4) is 5.75 Å². The Morgan fingerprint density at radius 2 is 1.90 bits per heavy atom. The molecule has 21 heavy (non-hydrogen) atoms. The van der Waals surface area contributed by atoms with Crippen LogP contribution >= 0.6 is 15.9 Å². The first-order valence-corrected chi connectivity index (χ1v) is 8.26. The number of benzene rings is 1. The Kier molecular flexibility index (Phi) is 6.73. The summed E-state index contributed by atoms with van der Waals surface area (Å²) in [5.41, 5.74) is 3.70. The van der Waals surface area contributed by atoms with Crippen LogP contribution in [0, 0.1) is 0 Å². The highest BCUT2D eigenvalue weighted by Crippen LogP contribution is 2.17. The molecule has 2 rings (SSSR count). The molecule has 114 valence electrons. The summed E-state index contributed by atoms with van der Waals surface area (Å²) >= 11 is 3.36. The quantitative estimate of drug-likeness (QED) is 0.831. The lowest BCUT2D eigenvalue weighted by Gasteiger charge is -2.11. The summed E-state index contributed by atoms with van der Waals surface area (Å²) in [6.45, 7) is -0.0206. The molecular formula is C16H21BrN2O2. The smallest absolute Gasteiger partial charge is 0.277 e. The Balaban J connectivity index is 1.75. The van der Waals surface area contributed by atoms with Crippen molar-refractivity contribution in [2.45, 2.75) is 44.9 Å². The van der Waals surface area contributed by atoms with Crippen molar-refractivity contribution in [1.82, 2.24) is 5.43 Å². The maximum Gasteiger partial charge on any atom is 0.277 e. The number of rotatable bonds is 4. The van der Waals surface area contributed by atoms with Crippen LogP contribution in [0.3, 0.4) is 0 Å². The molecular weight excluding hydrogens is 332 g/mol. The fourth-order valence-corrected chi connectivity index (χ4v) is 2.68. The predicted molar refractivity (Wildman–Crippen MR) is 87.5 cm³/mol.